The molecule has 8 aromatic carbocycles. The average molecular weight is 1170 g/mol. The number of hydrogen-bond donors (Lipinski definition) is 0. The van der Waals surface area contributed by atoms with Gasteiger partial charge in [0.25, 0.3) is 0 Å². The van der Waals surface area contributed by atoms with E-state index in [4.69, 9.17) is 9.72 Å². The fourth-order valence-corrected chi connectivity index (χ4v) is 10.4. The van der Waals surface area contributed by atoms with Crippen molar-refractivity contribution in [3.8, 4) is 28.4 Å². The molecule has 0 saturated carbocycles. The van der Waals surface area contributed by atoms with E-state index in [2.05, 4.69) is 297 Å². The van der Waals surface area contributed by atoms with Gasteiger partial charge in [-0.3, -0.25) is 0 Å². The van der Waals surface area contributed by atoms with Crippen molar-refractivity contribution in [2.75, 3.05) is 9.80 Å². The molecule has 3 heterocycles. The quantitative estimate of drug-likeness (QED) is 0.121. The molecular formula is C70H65N4OPt-3. The van der Waals surface area contributed by atoms with Crippen LogP contribution in [0, 0.1) is 18.8 Å². The van der Waals surface area contributed by atoms with Gasteiger partial charge in [0, 0.05) is 66.5 Å². The minimum atomic E-state index is -0.296. The summed E-state index contributed by atoms with van der Waals surface area (Å²) in [6.07, 6.45) is 4.14. The first-order valence-corrected chi connectivity index (χ1v) is 26.2. The Bertz CT molecular complexity index is 3660. The Balaban J connectivity index is 0.00000657. The van der Waals surface area contributed by atoms with Gasteiger partial charge in [-0.05, 0) is 97.3 Å². The van der Waals surface area contributed by atoms with Gasteiger partial charge in [-0.1, -0.05) is 214 Å². The standard InChI is InChI=1S/C70H65N4O.Pt/c1-67(2,3)53-31-34-63-62(42-53)61-33-32-59(45-64(61)74(63)66-43-54(35-36-71-66)68(4,5)6)75-60-38-50(48-23-15-11-16-24-48)37-57(44-60)72-46-65(49-25-17-12-18-26-49)73(47-72)58-40-55(69(7,8)51-27-19-13-20-28-51)39-56(41-58)70(9,10)52-29-21-14-22-30-52;/h11-43,46-47H,1-10H3;/q-3;. The van der Waals surface area contributed by atoms with Crippen molar-refractivity contribution in [3.05, 3.63) is 264 Å². The van der Waals surface area contributed by atoms with Crippen molar-refractivity contribution in [2.45, 2.75) is 90.9 Å². The molecule has 5 nitrogen and oxygen atoms in total. The molecule has 0 spiro atoms. The van der Waals surface area contributed by atoms with E-state index in [1.807, 2.05) is 12.3 Å². The zero-order chi connectivity index (χ0) is 52.3. The molecule has 0 fully saturated rings. The summed E-state index contributed by atoms with van der Waals surface area (Å²) in [5, 5.41) is 2.24. The predicted octanol–water partition coefficient (Wildman–Crippen LogP) is 17.9. The third-order valence-electron chi connectivity index (χ3n) is 15.3. The topological polar surface area (TPSA) is 33.5 Å². The summed E-state index contributed by atoms with van der Waals surface area (Å²) in [5.74, 6) is 2.01. The van der Waals surface area contributed by atoms with Gasteiger partial charge in [0.1, 0.15) is 5.82 Å². The summed E-state index contributed by atoms with van der Waals surface area (Å²) in [6.45, 7) is 25.0. The second kappa shape index (κ2) is 20.2. The molecule has 384 valence electrons. The van der Waals surface area contributed by atoms with E-state index < -0.39 is 0 Å². The van der Waals surface area contributed by atoms with Gasteiger partial charge in [-0.2, -0.15) is 6.07 Å². The van der Waals surface area contributed by atoms with Gasteiger partial charge in [0.05, 0.1) is 0 Å². The van der Waals surface area contributed by atoms with Crippen LogP contribution in [-0.2, 0) is 42.7 Å². The van der Waals surface area contributed by atoms with E-state index in [-0.39, 0.29) is 42.7 Å². The maximum Gasteiger partial charge on any atom is 0.135 e. The first-order valence-electron chi connectivity index (χ1n) is 26.2. The van der Waals surface area contributed by atoms with Crippen molar-refractivity contribution >= 4 is 38.9 Å². The van der Waals surface area contributed by atoms with Crippen LogP contribution in [0.25, 0.3) is 44.4 Å². The first kappa shape index (κ1) is 52.0. The Hall–Kier alpha value is -7.46. The molecule has 1 aliphatic heterocycles. The minimum Gasteiger partial charge on any atom is -0.509 e. The zero-order valence-corrected chi connectivity index (χ0v) is 47.5. The molecule has 0 atom stereocenters. The normalized spacial score (nSPS) is 13.3. The number of anilines is 2. The Morgan fingerprint density at radius 3 is 1.62 bits per heavy atom. The Morgan fingerprint density at radius 2 is 1.03 bits per heavy atom. The molecule has 0 N–H and O–H groups in total. The second-order valence-corrected chi connectivity index (χ2v) is 23.2. The van der Waals surface area contributed by atoms with Crippen molar-refractivity contribution < 1.29 is 25.8 Å². The molecule has 2 aromatic heterocycles. The molecule has 0 amide bonds. The van der Waals surface area contributed by atoms with Gasteiger partial charge in [0.2, 0.25) is 0 Å². The molecule has 10 aromatic rings. The van der Waals surface area contributed by atoms with Crippen molar-refractivity contribution in [2.24, 2.45) is 0 Å². The summed E-state index contributed by atoms with van der Waals surface area (Å²) in [4.78, 5) is 9.50. The number of benzene rings is 8. The van der Waals surface area contributed by atoms with E-state index in [1.54, 1.807) is 0 Å². The second-order valence-electron chi connectivity index (χ2n) is 23.2. The molecule has 11 rings (SSSR count). The molecule has 0 aliphatic carbocycles. The molecule has 0 radical (unpaired) electrons. The maximum atomic E-state index is 6.99. The van der Waals surface area contributed by atoms with Gasteiger partial charge in [-0.25, -0.2) is 4.98 Å². The van der Waals surface area contributed by atoms with Crippen LogP contribution in [0.2, 0.25) is 0 Å². The van der Waals surface area contributed by atoms with Crippen LogP contribution in [0.3, 0.4) is 0 Å². The average Bonchev–Trinajstić information content (AvgIpc) is 4.01. The van der Waals surface area contributed by atoms with Crippen LogP contribution in [0.15, 0.2) is 207 Å². The number of fused-ring (bicyclic) bond motifs is 3. The van der Waals surface area contributed by atoms with E-state index in [0.717, 1.165) is 61.4 Å². The van der Waals surface area contributed by atoms with Crippen molar-refractivity contribution in [1.82, 2.24) is 9.55 Å². The van der Waals surface area contributed by atoms with Crippen LogP contribution in [-0.4, -0.2) is 9.55 Å². The van der Waals surface area contributed by atoms with E-state index in [9.17, 15) is 0 Å². The maximum absolute atomic E-state index is 6.99. The van der Waals surface area contributed by atoms with Gasteiger partial charge >= 0.3 is 0 Å². The molecule has 0 bridgehead atoms. The third-order valence-corrected chi connectivity index (χ3v) is 15.3. The van der Waals surface area contributed by atoms with E-state index in [1.165, 1.54) is 33.4 Å². The third kappa shape index (κ3) is 10.1. The summed E-state index contributed by atoms with van der Waals surface area (Å²) in [5.41, 5.74) is 14.9. The van der Waals surface area contributed by atoms with Crippen LogP contribution in [0.1, 0.15) is 108 Å². The minimum absolute atomic E-state index is 0. The smallest absolute Gasteiger partial charge is 0.135 e. The van der Waals surface area contributed by atoms with Gasteiger partial charge < -0.3 is 19.1 Å². The molecule has 0 unspecified atom stereocenters. The molecule has 0 saturated heterocycles. The molecule has 6 heteroatoms. The van der Waals surface area contributed by atoms with Crippen LogP contribution in [0.4, 0.5) is 11.4 Å². The SMILES string of the molecule is CC(C)(C)c1ccnc(-n2c3[c-]c(Oc4[c-]c(N5C=C(c6ccccc6)N(c6cc(C(C)(C)c7ccccc7)cc(C(C)(C)c7ccccc7)c6)[CH-]5)cc(-c5ccccc5)c4)ccc3c3cc(C(C)(C)C)ccc32)c1.[Pt]. The Labute approximate surface area is 464 Å². The fourth-order valence-electron chi connectivity index (χ4n) is 10.4. The monoisotopic (exact) mass is 1170 g/mol. The Morgan fingerprint density at radius 1 is 0.461 bits per heavy atom. The number of rotatable bonds is 11. The number of pyridine rings is 1. The van der Waals surface area contributed by atoms with Crippen LogP contribution >= 0.6 is 0 Å². The molecular weight excluding hydrogens is 1110 g/mol. The number of ether oxygens (including phenoxy) is 1. The predicted molar refractivity (Wildman–Crippen MR) is 313 cm³/mol. The number of aromatic nitrogens is 2. The van der Waals surface area contributed by atoms with Crippen LogP contribution < -0.4 is 14.5 Å². The molecule has 76 heavy (non-hydrogen) atoms. The summed E-state index contributed by atoms with van der Waals surface area (Å²) in [6, 6.07) is 77.1. The zero-order valence-electron chi connectivity index (χ0n) is 45.2. The van der Waals surface area contributed by atoms with Gasteiger partial charge in [0.15, 0.2) is 0 Å². The van der Waals surface area contributed by atoms with Gasteiger partial charge in [-0.15, -0.1) is 53.6 Å². The summed E-state index contributed by atoms with van der Waals surface area (Å²) in [7, 11) is 0. The first-order chi connectivity index (χ1) is 35.9. The molecule has 1 aliphatic rings. The van der Waals surface area contributed by atoms with E-state index in [0.29, 0.717) is 11.5 Å². The largest absolute Gasteiger partial charge is 0.509 e. The Kier molecular flexibility index (Phi) is 13.9. The van der Waals surface area contributed by atoms with Crippen molar-refractivity contribution in [3.63, 3.8) is 0 Å². The number of hydrogen-bond acceptors (Lipinski definition) is 4. The summed E-state index contributed by atoms with van der Waals surface area (Å²) >= 11 is 0. The van der Waals surface area contributed by atoms with E-state index >= 15 is 0 Å². The van der Waals surface area contributed by atoms with Crippen LogP contribution in [0.5, 0.6) is 11.5 Å². The summed E-state index contributed by atoms with van der Waals surface area (Å²) < 4.78 is 9.22. The number of nitrogens with zero attached hydrogens (tertiary/aromatic N) is 4. The fraction of sp³-hybridized carbons (Fsp3) is 0.200. The van der Waals surface area contributed by atoms with Crippen molar-refractivity contribution in [1.29, 1.82) is 0 Å².